The maximum absolute atomic E-state index is 12.3. The van der Waals surface area contributed by atoms with Crippen LogP contribution in [0, 0.1) is 11.8 Å². The van der Waals surface area contributed by atoms with Crippen LogP contribution < -0.4 is 5.32 Å². The number of nitrogens with zero attached hydrogens (tertiary/aromatic N) is 1. The van der Waals surface area contributed by atoms with Crippen molar-refractivity contribution in [3.8, 4) is 11.1 Å². The number of likely N-dealkylation sites (tertiary alicyclic amines) is 1. The van der Waals surface area contributed by atoms with Gasteiger partial charge in [-0.2, -0.15) is 0 Å². The van der Waals surface area contributed by atoms with Crippen LogP contribution in [0.5, 0.6) is 0 Å². The predicted octanol–water partition coefficient (Wildman–Crippen LogP) is 2.70. The summed E-state index contributed by atoms with van der Waals surface area (Å²) in [5.74, 6) is -1.93. The topological polar surface area (TPSA) is 95.9 Å². The summed E-state index contributed by atoms with van der Waals surface area (Å²) in [6.07, 6.45) is -0.660. The van der Waals surface area contributed by atoms with Gasteiger partial charge in [-0.05, 0) is 28.2 Å². The van der Waals surface area contributed by atoms with Crippen molar-refractivity contribution in [2.75, 3.05) is 26.2 Å². The summed E-state index contributed by atoms with van der Waals surface area (Å²) in [5, 5.41) is 11.7. The number of carboxylic acid groups (broad SMARTS) is 1. The lowest BCUT2D eigenvalue weighted by molar-refractivity contribution is -0.142. The van der Waals surface area contributed by atoms with Gasteiger partial charge in [0.2, 0.25) is 5.91 Å². The molecule has 0 spiro atoms. The van der Waals surface area contributed by atoms with Gasteiger partial charge in [0, 0.05) is 19.0 Å². The van der Waals surface area contributed by atoms with E-state index in [9.17, 15) is 19.5 Å². The summed E-state index contributed by atoms with van der Waals surface area (Å²) in [6.45, 7) is 2.32. The number of ether oxygens (including phenoxy) is 1. The maximum atomic E-state index is 12.3. The first kappa shape index (κ1) is 19.9. The quantitative estimate of drug-likeness (QED) is 0.793. The minimum atomic E-state index is -0.901. The largest absolute Gasteiger partial charge is 0.481 e. The third-order valence-electron chi connectivity index (χ3n) is 6.01. The molecule has 7 heteroatoms. The van der Waals surface area contributed by atoms with Crippen LogP contribution in [0.15, 0.2) is 48.5 Å². The van der Waals surface area contributed by atoms with E-state index in [-0.39, 0.29) is 37.4 Å². The molecule has 0 bridgehead atoms. The van der Waals surface area contributed by atoms with E-state index in [4.69, 9.17) is 4.74 Å². The first-order chi connectivity index (χ1) is 14.5. The normalized spacial score (nSPS) is 19.8. The minimum Gasteiger partial charge on any atom is -0.481 e. The number of rotatable bonds is 5. The van der Waals surface area contributed by atoms with E-state index in [0.717, 1.165) is 22.3 Å². The summed E-state index contributed by atoms with van der Waals surface area (Å²) in [6, 6.07) is 16.1. The van der Waals surface area contributed by atoms with E-state index in [1.165, 1.54) is 4.90 Å². The molecule has 4 rings (SSSR count). The monoisotopic (exact) mass is 408 g/mol. The molecule has 2 aliphatic rings. The van der Waals surface area contributed by atoms with Gasteiger partial charge in [0.05, 0.1) is 5.92 Å². The van der Waals surface area contributed by atoms with Crippen LogP contribution in [-0.2, 0) is 14.3 Å². The molecule has 0 radical (unpaired) electrons. The number of aliphatic carboxylic acids is 1. The lowest BCUT2D eigenvalue weighted by Crippen LogP contribution is -2.40. The van der Waals surface area contributed by atoms with Gasteiger partial charge in [0.1, 0.15) is 13.2 Å². The molecular formula is C23H24N2O5. The van der Waals surface area contributed by atoms with E-state index in [1.807, 2.05) is 43.3 Å². The number of amides is 2. The summed E-state index contributed by atoms with van der Waals surface area (Å²) < 4.78 is 5.42. The van der Waals surface area contributed by atoms with Crippen LogP contribution in [0.25, 0.3) is 11.1 Å². The molecular weight excluding hydrogens is 384 g/mol. The van der Waals surface area contributed by atoms with Gasteiger partial charge in [-0.25, -0.2) is 4.79 Å². The fourth-order valence-electron chi connectivity index (χ4n) is 4.40. The Labute approximate surface area is 174 Å². The van der Waals surface area contributed by atoms with Crippen LogP contribution in [0.3, 0.4) is 0 Å². The van der Waals surface area contributed by atoms with E-state index < -0.39 is 18.0 Å². The Morgan fingerprint density at radius 1 is 1.03 bits per heavy atom. The first-order valence-electron chi connectivity index (χ1n) is 10.0. The second-order valence-corrected chi connectivity index (χ2v) is 7.90. The number of nitrogens with one attached hydrogen (secondary N) is 1. The first-order valence-corrected chi connectivity index (χ1v) is 10.0. The average molecular weight is 408 g/mol. The van der Waals surface area contributed by atoms with Gasteiger partial charge in [-0.15, -0.1) is 0 Å². The van der Waals surface area contributed by atoms with Crippen LogP contribution in [0.1, 0.15) is 24.0 Å². The van der Waals surface area contributed by atoms with Gasteiger partial charge in [0.15, 0.2) is 0 Å². The zero-order valence-corrected chi connectivity index (χ0v) is 16.7. The van der Waals surface area contributed by atoms with Crippen LogP contribution in [0.2, 0.25) is 0 Å². The molecule has 0 saturated carbocycles. The van der Waals surface area contributed by atoms with Gasteiger partial charge in [0.25, 0.3) is 0 Å². The second-order valence-electron chi connectivity index (χ2n) is 7.90. The van der Waals surface area contributed by atoms with Crippen LogP contribution in [-0.4, -0.2) is 54.2 Å². The number of fused-ring (bicyclic) bond motifs is 3. The fraction of sp³-hybridized carbons (Fsp3) is 0.348. The standard InChI is InChI=1S/C23H24N2O5/c1-14-11-25(12-19(14)22(27)28)21(26)10-24-23(29)30-13-20-17-8-4-2-6-15(17)16-7-3-5-9-18(16)20/h2-9,14,19-20H,10-13H2,1H3,(H,24,29)(H,27,28)/t14-,19-/m1/s1. The molecule has 1 aliphatic carbocycles. The summed E-state index contributed by atoms with van der Waals surface area (Å²) in [4.78, 5) is 37.2. The minimum absolute atomic E-state index is 0.0467. The van der Waals surface area contributed by atoms with E-state index in [2.05, 4.69) is 17.4 Å². The number of alkyl carbamates (subject to hydrolysis) is 1. The molecule has 2 N–H and O–H groups in total. The van der Waals surface area contributed by atoms with Gasteiger partial charge < -0.3 is 20.1 Å². The van der Waals surface area contributed by atoms with Crippen LogP contribution in [0.4, 0.5) is 4.79 Å². The highest BCUT2D eigenvalue weighted by Gasteiger charge is 2.37. The zero-order chi connectivity index (χ0) is 21.3. The number of hydrogen-bond acceptors (Lipinski definition) is 4. The Morgan fingerprint density at radius 3 is 2.20 bits per heavy atom. The highest BCUT2D eigenvalue weighted by Crippen LogP contribution is 2.44. The predicted molar refractivity (Wildman–Crippen MR) is 110 cm³/mol. The summed E-state index contributed by atoms with van der Waals surface area (Å²) >= 11 is 0. The number of carbonyl (C=O) groups excluding carboxylic acids is 2. The summed E-state index contributed by atoms with van der Waals surface area (Å²) in [7, 11) is 0. The summed E-state index contributed by atoms with van der Waals surface area (Å²) in [5.41, 5.74) is 4.53. The molecule has 30 heavy (non-hydrogen) atoms. The highest BCUT2D eigenvalue weighted by atomic mass is 16.5. The lowest BCUT2D eigenvalue weighted by Gasteiger charge is -2.17. The van der Waals surface area contributed by atoms with Gasteiger partial charge in [-0.3, -0.25) is 9.59 Å². The number of hydrogen-bond donors (Lipinski definition) is 2. The fourth-order valence-corrected chi connectivity index (χ4v) is 4.40. The Kier molecular flexibility index (Phi) is 5.44. The van der Waals surface area contributed by atoms with Crippen molar-refractivity contribution in [2.45, 2.75) is 12.8 Å². The Morgan fingerprint density at radius 2 is 1.63 bits per heavy atom. The molecule has 1 aliphatic heterocycles. The number of carbonyl (C=O) groups is 3. The third-order valence-corrected chi connectivity index (χ3v) is 6.01. The molecule has 7 nitrogen and oxygen atoms in total. The molecule has 2 amide bonds. The third kappa shape index (κ3) is 3.75. The lowest BCUT2D eigenvalue weighted by atomic mass is 9.98. The molecule has 2 atom stereocenters. The molecule has 0 unspecified atom stereocenters. The number of benzene rings is 2. The van der Waals surface area contributed by atoms with Gasteiger partial charge in [-0.1, -0.05) is 55.5 Å². The molecule has 156 valence electrons. The van der Waals surface area contributed by atoms with Crippen molar-refractivity contribution in [1.29, 1.82) is 0 Å². The van der Waals surface area contributed by atoms with Crippen molar-refractivity contribution in [3.63, 3.8) is 0 Å². The highest BCUT2D eigenvalue weighted by molar-refractivity contribution is 5.84. The molecule has 2 aromatic carbocycles. The average Bonchev–Trinajstić information content (AvgIpc) is 3.29. The van der Waals surface area contributed by atoms with E-state index in [1.54, 1.807) is 0 Å². The molecule has 1 fully saturated rings. The molecule has 2 aromatic rings. The number of carboxylic acids is 1. The van der Waals surface area contributed by atoms with E-state index in [0.29, 0.717) is 6.54 Å². The second kappa shape index (κ2) is 8.18. The molecule has 1 saturated heterocycles. The van der Waals surface area contributed by atoms with E-state index >= 15 is 0 Å². The van der Waals surface area contributed by atoms with Crippen molar-refractivity contribution in [1.82, 2.24) is 10.2 Å². The Balaban J connectivity index is 1.32. The van der Waals surface area contributed by atoms with Crippen LogP contribution >= 0.6 is 0 Å². The maximum Gasteiger partial charge on any atom is 0.407 e. The smallest absolute Gasteiger partial charge is 0.407 e. The molecule has 1 heterocycles. The van der Waals surface area contributed by atoms with Crippen molar-refractivity contribution >= 4 is 18.0 Å². The Hall–Kier alpha value is -3.35. The van der Waals surface area contributed by atoms with Crippen molar-refractivity contribution in [3.05, 3.63) is 59.7 Å². The molecule has 0 aromatic heterocycles. The zero-order valence-electron chi connectivity index (χ0n) is 16.7. The van der Waals surface area contributed by atoms with Crippen molar-refractivity contribution < 1.29 is 24.2 Å². The SMILES string of the molecule is C[C@@H]1CN(C(=O)CNC(=O)OCC2c3ccccc3-c3ccccc32)C[C@H]1C(=O)O. The van der Waals surface area contributed by atoms with Gasteiger partial charge >= 0.3 is 12.1 Å². The Bertz CT molecular complexity index is 944. The van der Waals surface area contributed by atoms with Crippen molar-refractivity contribution in [2.24, 2.45) is 11.8 Å².